The Kier molecular flexibility index (Phi) is 8.82. The molecule has 7 nitrogen and oxygen atoms in total. The first kappa shape index (κ1) is 40.3. The van der Waals surface area contributed by atoms with Crippen LogP contribution in [0.25, 0.3) is 108 Å². The number of nitrogens with zero attached hydrogens (tertiary/aromatic N) is 5. The van der Waals surface area contributed by atoms with E-state index in [4.69, 9.17) is 14.4 Å². The van der Waals surface area contributed by atoms with E-state index in [2.05, 4.69) is 160 Å². The molecule has 1 unspecified atom stereocenters. The molecule has 4 aromatic heterocycles. The molecule has 1 N–H and O–H groups in total. The molecule has 14 aromatic rings. The molecule has 0 aliphatic carbocycles. The number of amidine groups is 2. The van der Waals surface area contributed by atoms with Gasteiger partial charge in [-0.05, 0) is 83.9 Å². The Labute approximate surface area is 416 Å². The summed E-state index contributed by atoms with van der Waals surface area (Å²) in [5.41, 5.74) is 12.7. The predicted molar refractivity (Wildman–Crippen MR) is 297 cm³/mol. The average Bonchev–Trinajstić information content (AvgIpc) is 4.21. The van der Waals surface area contributed by atoms with Crippen LogP contribution < -0.4 is 5.32 Å². The minimum absolute atomic E-state index is 0.448. The Morgan fingerprint density at radius 3 is 1.88 bits per heavy atom. The fraction of sp³-hybridized carbons (Fsp3) is 0.0156. The highest BCUT2D eigenvalue weighted by atomic mass is 32.1. The molecule has 5 heterocycles. The predicted octanol–water partition coefficient (Wildman–Crippen LogP) is 16.2. The molecule has 0 saturated carbocycles. The van der Waals surface area contributed by atoms with Crippen molar-refractivity contribution in [2.45, 2.75) is 6.17 Å². The topological polar surface area (TPSA) is 83.5 Å². The quantitative estimate of drug-likeness (QED) is 0.180. The fourth-order valence-electron chi connectivity index (χ4n) is 11.3. The number of nitriles is 1. The maximum atomic E-state index is 11.4. The van der Waals surface area contributed by atoms with Crippen LogP contribution in [0, 0.1) is 11.3 Å². The van der Waals surface area contributed by atoms with Crippen LogP contribution in [0.5, 0.6) is 0 Å². The van der Waals surface area contributed by atoms with Gasteiger partial charge >= 0.3 is 0 Å². The lowest BCUT2D eigenvalue weighted by Crippen LogP contribution is -2.34. The molecule has 10 aromatic carbocycles. The number of para-hydroxylation sites is 3. The standard InChI is InChI=1S/C64H38N6OS/c65-37-42-36-53(60-46-24-11-14-26-54(46)71-61(60)57(42)64-67-62(38-16-4-1-5-17-38)66-63(68-64)39-18-6-2-7-19-39)70-50-30-28-40(41-29-33-56-47(34-41)44-22-12-15-27-55(44)72-56)35-48(50)59-52(70)32-31-51-58(59)45-23-10-13-25-49(45)69(51)43-20-8-3-9-21-43/h1-36,64H,(H,66,67,68). The number of thiophene rings is 1. The van der Waals surface area contributed by atoms with E-state index in [-0.39, 0.29) is 0 Å². The fourth-order valence-corrected chi connectivity index (χ4v) is 12.4. The number of hydrogen-bond donors (Lipinski definition) is 1. The smallest absolute Gasteiger partial charge is 0.159 e. The zero-order chi connectivity index (χ0) is 47.4. The summed E-state index contributed by atoms with van der Waals surface area (Å²) in [5, 5.41) is 24.0. The summed E-state index contributed by atoms with van der Waals surface area (Å²) in [4.78, 5) is 10.3. The molecule has 8 heteroatoms. The van der Waals surface area contributed by atoms with E-state index >= 15 is 0 Å². The van der Waals surface area contributed by atoms with E-state index in [0.717, 1.165) is 88.2 Å². The second kappa shape index (κ2) is 15.7. The number of aliphatic imine (C=N–C) groups is 2. The Bertz CT molecular complexity index is 4670. The molecule has 0 bridgehead atoms. The van der Waals surface area contributed by atoms with Crippen LogP contribution in [0.2, 0.25) is 0 Å². The Hall–Kier alpha value is -9.55. The third-order valence-electron chi connectivity index (χ3n) is 14.4. The van der Waals surface area contributed by atoms with Gasteiger partial charge in [0.2, 0.25) is 0 Å². The van der Waals surface area contributed by atoms with E-state index in [1.807, 2.05) is 90.2 Å². The largest absolute Gasteiger partial charge is 0.455 e. The molecule has 0 saturated heterocycles. The summed E-state index contributed by atoms with van der Waals surface area (Å²) >= 11 is 1.83. The first-order valence-corrected chi connectivity index (χ1v) is 24.9. The Balaban J connectivity index is 1.04. The second-order valence-corrected chi connectivity index (χ2v) is 19.5. The van der Waals surface area contributed by atoms with E-state index in [1.165, 1.54) is 25.6 Å². The van der Waals surface area contributed by atoms with Gasteiger partial charge in [0.15, 0.2) is 12.0 Å². The highest BCUT2D eigenvalue weighted by molar-refractivity contribution is 7.25. The zero-order valence-corrected chi connectivity index (χ0v) is 39.2. The molecule has 1 aliphatic heterocycles. The maximum Gasteiger partial charge on any atom is 0.159 e. The van der Waals surface area contributed by atoms with Gasteiger partial charge in [-0.15, -0.1) is 11.3 Å². The molecule has 1 aliphatic rings. The van der Waals surface area contributed by atoms with E-state index in [0.29, 0.717) is 28.4 Å². The van der Waals surface area contributed by atoms with Crippen LogP contribution in [0.1, 0.15) is 28.4 Å². The van der Waals surface area contributed by atoms with Gasteiger partial charge in [0.25, 0.3) is 0 Å². The van der Waals surface area contributed by atoms with Gasteiger partial charge in [-0.3, -0.25) is 0 Å². The Morgan fingerprint density at radius 1 is 0.486 bits per heavy atom. The molecule has 0 radical (unpaired) electrons. The van der Waals surface area contributed by atoms with Gasteiger partial charge in [-0.25, -0.2) is 9.98 Å². The minimum atomic E-state index is -0.707. The van der Waals surface area contributed by atoms with Crippen molar-refractivity contribution in [3.63, 3.8) is 0 Å². The van der Waals surface area contributed by atoms with Crippen molar-refractivity contribution in [1.82, 2.24) is 14.5 Å². The van der Waals surface area contributed by atoms with Crippen molar-refractivity contribution >= 4 is 109 Å². The molecule has 1 atom stereocenters. The van der Waals surface area contributed by atoms with E-state index < -0.39 is 6.17 Å². The third kappa shape index (κ3) is 6.02. The van der Waals surface area contributed by atoms with Gasteiger partial charge in [-0.2, -0.15) is 5.26 Å². The lowest BCUT2D eigenvalue weighted by molar-refractivity contribution is 0.627. The summed E-state index contributed by atoms with van der Waals surface area (Å²) < 4.78 is 14.3. The van der Waals surface area contributed by atoms with E-state index in [1.54, 1.807) is 0 Å². The van der Waals surface area contributed by atoms with Crippen LogP contribution in [0.3, 0.4) is 0 Å². The number of aromatic nitrogens is 2. The molecule has 15 rings (SSSR count). The number of furan rings is 1. The SMILES string of the molecule is N#Cc1cc(-n2c3ccc(-c4ccc5sc6ccccc6c5c4)cc3c3c4c5ccccc5n(-c5ccccc5)c4ccc32)c2c(oc3ccccc32)c1C1N=C(c2ccccc2)N=C(c2ccccc2)N1. The lowest BCUT2D eigenvalue weighted by atomic mass is 9.98. The van der Waals surface area contributed by atoms with Gasteiger partial charge in [0, 0.05) is 63.9 Å². The summed E-state index contributed by atoms with van der Waals surface area (Å²) in [6, 6.07) is 79.2. The second-order valence-electron chi connectivity index (χ2n) is 18.4. The van der Waals surface area contributed by atoms with Crippen molar-refractivity contribution in [2.24, 2.45) is 9.98 Å². The summed E-state index contributed by atoms with van der Waals surface area (Å²) in [5.74, 6) is 1.23. The van der Waals surface area contributed by atoms with Crippen LogP contribution in [-0.2, 0) is 0 Å². The molecule has 336 valence electrons. The third-order valence-corrected chi connectivity index (χ3v) is 15.6. The normalized spacial score (nSPS) is 14.0. The molecule has 0 fully saturated rings. The number of nitrogens with one attached hydrogen (secondary N) is 1. The van der Waals surface area contributed by atoms with Crippen molar-refractivity contribution < 1.29 is 4.42 Å². The minimum Gasteiger partial charge on any atom is -0.455 e. The highest BCUT2D eigenvalue weighted by Crippen LogP contribution is 2.47. The molecule has 72 heavy (non-hydrogen) atoms. The van der Waals surface area contributed by atoms with Gasteiger partial charge in [0.1, 0.15) is 17.0 Å². The van der Waals surface area contributed by atoms with Gasteiger partial charge in [-0.1, -0.05) is 146 Å². The van der Waals surface area contributed by atoms with Crippen LogP contribution in [-0.4, -0.2) is 20.8 Å². The molecular formula is C64H38N6OS. The average molecular weight is 939 g/mol. The zero-order valence-electron chi connectivity index (χ0n) is 38.4. The maximum absolute atomic E-state index is 11.4. The summed E-state index contributed by atoms with van der Waals surface area (Å²) in [6.45, 7) is 0. The van der Waals surface area contributed by atoms with Crippen molar-refractivity contribution in [3.05, 3.63) is 241 Å². The Morgan fingerprint density at radius 2 is 1.08 bits per heavy atom. The summed E-state index contributed by atoms with van der Waals surface area (Å²) in [6.07, 6.45) is -0.707. The highest BCUT2D eigenvalue weighted by Gasteiger charge is 2.31. The van der Waals surface area contributed by atoms with Crippen molar-refractivity contribution in [1.29, 1.82) is 5.26 Å². The number of rotatable bonds is 6. The molecule has 0 spiro atoms. The first-order valence-electron chi connectivity index (χ1n) is 24.1. The van der Waals surface area contributed by atoms with Crippen LogP contribution in [0.15, 0.2) is 233 Å². The van der Waals surface area contributed by atoms with Crippen molar-refractivity contribution in [3.8, 4) is 28.6 Å². The van der Waals surface area contributed by atoms with Gasteiger partial charge < -0.3 is 18.9 Å². The number of benzene rings is 10. The first-order chi connectivity index (χ1) is 35.7. The number of hydrogen-bond acceptors (Lipinski definition) is 6. The van der Waals surface area contributed by atoms with Crippen LogP contribution >= 0.6 is 11.3 Å². The molecular weight excluding hydrogens is 901 g/mol. The van der Waals surface area contributed by atoms with E-state index in [9.17, 15) is 5.26 Å². The van der Waals surface area contributed by atoms with Gasteiger partial charge in [0.05, 0.1) is 50.3 Å². The summed E-state index contributed by atoms with van der Waals surface area (Å²) in [7, 11) is 0. The monoisotopic (exact) mass is 938 g/mol. The van der Waals surface area contributed by atoms with Crippen molar-refractivity contribution in [2.75, 3.05) is 0 Å². The number of fused-ring (bicyclic) bond motifs is 13. The van der Waals surface area contributed by atoms with Crippen LogP contribution in [0.4, 0.5) is 0 Å². The lowest BCUT2D eigenvalue weighted by Gasteiger charge is -2.25. The molecule has 0 amide bonds.